The van der Waals surface area contributed by atoms with Crippen molar-refractivity contribution < 1.29 is 26.7 Å². The first-order valence-corrected chi connectivity index (χ1v) is 13.5. The first kappa shape index (κ1) is 24.4. The van der Waals surface area contributed by atoms with Crippen LogP contribution in [0.4, 0.5) is 14.5 Å². The molecule has 0 saturated heterocycles. The van der Waals surface area contributed by atoms with Gasteiger partial charge < -0.3 is 10.1 Å². The second-order valence-electron chi connectivity index (χ2n) is 9.24. The van der Waals surface area contributed by atoms with Gasteiger partial charge in [0, 0.05) is 31.0 Å². The molecule has 184 valence electrons. The number of rotatable bonds is 7. The lowest BCUT2D eigenvalue weighted by Gasteiger charge is -2.44. The van der Waals surface area contributed by atoms with E-state index in [1.807, 2.05) is 24.3 Å². The lowest BCUT2D eigenvalue weighted by atomic mass is 9.77. The molecule has 6 nitrogen and oxygen atoms in total. The molecule has 1 saturated carbocycles. The van der Waals surface area contributed by atoms with Crippen LogP contribution < -0.4 is 14.4 Å². The van der Waals surface area contributed by atoms with Gasteiger partial charge in [0.2, 0.25) is 15.9 Å². The van der Waals surface area contributed by atoms with Crippen molar-refractivity contribution in [1.82, 2.24) is 5.32 Å². The number of fused-ring (bicyclic) bond motifs is 1. The fourth-order valence-electron chi connectivity index (χ4n) is 5.03. The highest BCUT2D eigenvalue weighted by atomic mass is 32.2. The molecule has 0 aromatic heterocycles. The maximum atomic E-state index is 13.6. The van der Waals surface area contributed by atoms with Gasteiger partial charge in [-0.15, -0.1) is 0 Å². The molecule has 1 aliphatic carbocycles. The molecule has 2 aliphatic rings. The summed E-state index contributed by atoms with van der Waals surface area (Å²) < 4.78 is 58.8. The number of para-hydroxylation sites is 1. The number of amides is 1. The number of hydrogen-bond donors (Lipinski definition) is 1. The third-order valence-electron chi connectivity index (χ3n) is 6.65. The average molecular weight is 493 g/mol. The SMILES string of the molecule is CS(=O)(=O)N(CCCC(=O)N[C@@H]1CC2(CCCCC2)Oc2ccccc21)c1ccc(F)c(F)c1. The first-order chi connectivity index (χ1) is 16.2. The number of nitrogens with one attached hydrogen (secondary N) is 1. The van der Waals surface area contributed by atoms with Gasteiger partial charge in [-0.05, 0) is 50.3 Å². The topological polar surface area (TPSA) is 75.7 Å². The predicted molar refractivity (Wildman–Crippen MR) is 126 cm³/mol. The first-order valence-electron chi connectivity index (χ1n) is 11.7. The lowest BCUT2D eigenvalue weighted by Crippen LogP contribution is -2.46. The molecule has 1 amide bonds. The molecule has 0 radical (unpaired) electrons. The fourth-order valence-corrected chi connectivity index (χ4v) is 5.98. The van der Waals surface area contributed by atoms with Gasteiger partial charge in [0.05, 0.1) is 18.0 Å². The molecule has 1 atom stereocenters. The highest BCUT2D eigenvalue weighted by Crippen LogP contribution is 2.46. The molecule has 0 unspecified atom stereocenters. The van der Waals surface area contributed by atoms with E-state index in [2.05, 4.69) is 5.32 Å². The summed E-state index contributed by atoms with van der Waals surface area (Å²) in [6.45, 7) is -0.0222. The summed E-state index contributed by atoms with van der Waals surface area (Å²) in [6, 6.07) is 10.5. The Kier molecular flexibility index (Phi) is 7.12. The van der Waals surface area contributed by atoms with Crippen molar-refractivity contribution in [3.8, 4) is 5.75 Å². The van der Waals surface area contributed by atoms with Gasteiger partial charge >= 0.3 is 0 Å². The van der Waals surface area contributed by atoms with Gasteiger partial charge in [-0.3, -0.25) is 9.10 Å². The average Bonchev–Trinajstić information content (AvgIpc) is 2.78. The van der Waals surface area contributed by atoms with E-state index < -0.39 is 21.7 Å². The predicted octanol–water partition coefficient (Wildman–Crippen LogP) is 4.85. The number of benzene rings is 2. The summed E-state index contributed by atoms with van der Waals surface area (Å²) in [7, 11) is -3.74. The smallest absolute Gasteiger partial charge is 0.232 e. The summed E-state index contributed by atoms with van der Waals surface area (Å²) in [5.74, 6) is -1.56. The van der Waals surface area contributed by atoms with Crippen molar-refractivity contribution in [3.63, 3.8) is 0 Å². The van der Waals surface area contributed by atoms with E-state index in [0.717, 1.165) is 59.7 Å². The summed E-state index contributed by atoms with van der Waals surface area (Å²) in [5.41, 5.74) is 0.718. The van der Waals surface area contributed by atoms with E-state index in [4.69, 9.17) is 4.74 Å². The van der Waals surface area contributed by atoms with E-state index in [9.17, 15) is 22.0 Å². The van der Waals surface area contributed by atoms with Crippen molar-refractivity contribution in [2.24, 2.45) is 0 Å². The molecule has 0 bridgehead atoms. The Morgan fingerprint density at radius 3 is 2.56 bits per heavy atom. The Hall–Kier alpha value is -2.68. The molecule has 2 aromatic carbocycles. The third-order valence-corrected chi connectivity index (χ3v) is 7.85. The van der Waals surface area contributed by atoms with Crippen LogP contribution >= 0.6 is 0 Å². The minimum Gasteiger partial charge on any atom is -0.487 e. The Labute approximate surface area is 199 Å². The maximum absolute atomic E-state index is 13.6. The molecular formula is C25H30F2N2O4S. The zero-order valence-electron chi connectivity index (χ0n) is 19.2. The van der Waals surface area contributed by atoms with Crippen LogP contribution in [0.15, 0.2) is 42.5 Å². The molecule has 1 aliphatic heterocycles. The molecule has 9 heteroatoms. The van der Waals surface area contributed by atoms with Crippen LogP contribution in [0.3, 0.4) is 0 Å². The van der Waals surface area contributed by atoms with Crippen molar-refractivity contribution in [3.05, 3.63) is 59.7 Å². The van der Waals surface area contributed by atoms with Gasteiger partial charge in [0.25, 0.3) is 0 Å². The van der Waals surface area contributed by atoms with Crippen molar-refractivity contribution in [2.45, 2.75) is 63.0 Å². The summed E-state index contributed by atoms with van der Waals surface area (Å²) in [4.78, 5) is 12.8. The van der Waals surface area contributed by atoms with Crippen LogP contribution in [0.25, 0.3) is 0 Å². The maximum Gasteiger partial charge on any atom is 0.232 e. The van der Waals surface area contributed by atoms with E-state index in [1.54, 1.807) is 0 Å². The van der Waals surface area contributed by atoms with Crippen LogP contribution in [-0.4, -0.2) is 32.7 Å². The van der Waals surface area contributed by atoms with Crippen LogP contribution in [-0.2, 0) is 14.8 Å². The van der Waals surface area contributed by atoms with Crippen LogP contribution in [0.2, 0.25) is 0 Å². The highest BCUT2D eigenvalue weighted by molar-refractivity contribution is 7.92. The number of sulfonamides is 1. The number of anilines is 1. The fraction of sp³-hybridized carbons (Fsp3) is 0.480. The molecular weight excluding hydrogens is 462 g/mol. The van der Waals surface area contributed by atoms with Crippen molar-refractivity contribution >= 4 is 21.6 Å². The van der Waals surface area contributed by atoms with E-state index >= 15 is 0 Å². The summed E-state index contributed by atoms with van der Waals surface area (Å²) in [5, 5.41) is 3.12. The summed E-state index contributed by atoms with van der Waals surface area (Å²) in [6.07, 6.45) is 7.37. The second kappa shape index (κ2) is 9.90. The van der Waals surface area contributed by atoms with Gasteiger partial charge in [-0.1, -0.05) is 24.6 Å². The largest absolute Gasteiger partial charge is 0.487 e. The Morgan fingerprint density at radius 1 is 1.12 bits per heavy atom. The van der Waals surface area contributed by atoms with Gasteiger partial charge in [-0.25, -0.2) is 17.2 Å². The van der Waals surface area contributed by atoms with Gasteiger partial charge in [0.1, 0.15) is 11.4 Å². The molecule has 4 rings (SSSR count). The van der Waals surface area contributed by atoms with Crippen LogP contribution in [0, 0.1) is 11.6 Å². The number of hydrogen-bond acceptors (Lipinski definition) is 4. The summed E-state index contributed by atoms with van der Waals surface area (Å²) >= 11 is 0. The van der Waals surface area contributed by atoms with Gasteiger partial charge in [0.15, 0.2) is 11.6 Å². The highest BCUT2D eigenvalue weighted by Gasteiger charge is 2.42. The zero-order chi connectivity index (χ0) is 24.3. The Bertz CT molecular complexity index is 1150. The minimum absolute atomic E-state index is 0.0222. The number of carbonyl (C=O) groups excluding carboxylic acids is 1. The molecule has 1 spiro atoms. The van der Waals surface area contributed by atoms with Crippen LogP contribution in [0.5, 0.6) is 5.75 Å². The third kappa shape index (κ3) is 5.51. The molecule has 2 aromatic rings. The number of ether oxygens (including phenoxy) is 1. The standard InChI is InChI=1S/C25H30F2N2O4S/c1-34(31,32)29(18-11-12-20(26)21(27)16-18)15-7-10-24(30)28-22-17-25(13-5-2-6-14-25)33-23-9-4-3-8-19(22)23/h3-4,8-9,11-12,16,22H,2,5-7,10,13-15,17H2,1H3,(H,28,30)/t22-/m1/s1. The minimum atomic E-state index is -3.74. The lowest BCUT2D eigenvalue weighted by molar-refractivity contribution is -0.122. The van der Waals surface area contributed by atoms with Crippen molar-refractivity contribution in [1.29, 1.82) is 0 Å². The van der Waals surface area contributed by atoms with E-state index in [-0.39, 0.29) is 42.6 Å². The number of halogens is 2. The van der Waals surface area contributed by atoms with E-state index in [1.165, 1.54) is 12.5 Å². The zero-order valence-corrected chi connectivity index (χ0v) is 20.0. The van der Waals surface area contributed by atoms with Gasteiger partial charge in [-0.2, -0.15) is 0 Å². The Morgan fingerprint density at radius 2 is 1.85 bits per heavy atom. The quantitative estimate of drug-likeness (QED) is 0.599. The van der Waals surface area contributed by atoms with E-state index in [0.29, 0.717) is 6.42 Å². The molecule has 1 fully saturated rings. The van der Waals surface area contributed by atoms with Crippen LogP contribution in [0.1, 0.15) is 63.0 Å². The molecule has 1 N–H and O–H groups in total. The number of carbonyl (C=O) groups is 1. The second-order valence-corrected chi connectivity index (χ2v) is 11.2. The number of nitrogens with zero attached hydrogens (tertiary/aromatic N) is 1. The monoisotopic (exact) mass is 492 g/mol. The molecule has 1 heterocycles. The van der Waals surface area contributed by atoms with Crippen molar-refractivity contribution in [2.75, 3.05) is 17.1 Å². The normalized spacial score (nSPS) is 19.2. The Balaban J connectivity index is 1.41. The molecule has 34 heavy (non-hydrogen) atoms.